The fourth-order valence-electron chi connectivity index (χ4n) is 2.43. The summed E-state index contributed by atoms with van der Waals surface area (Å²) in [4.78, 5) is 0. The van der Waals surface area contributed by atoms with Crippen molar-refractivity contribution in [2.24, 2.45) is 0 Å². The predicted octanol–water partition coefficient (Wildman–Crippen LogP) is 2.30. The summed E-state index contributed by atoms with van der Waals surface area (Å²) in [6, 6.07) is 18.5. The van der Waals surface area contributed by atoms with Crippen molar-refractivity contribution in [3.05, 3.63) is 60.2 Å². The van der Waals surface area contributed by atoms with E-state index in [2.05, 4.69) is 43.3 Å². The molecule has 0 saturated heterocycles. The highest BCUT2D eigenvalue weighted by Gasteiger charge is 2.37. The molecule has 0 fully saturated rings. The number of benzene rings is 2. The molecule has 0 spiro atoms. The topological polar surface area (TPSA) is 21.3 Å². The third-order valence-corrected chi connectivity index (χ3v) is 3.40. The summed E-state index contributed by atoms with van der Waals surface area (Å²) in [7, 11) is -0.0869. The molecular formula is C15H16BNO. The second kappa shape index (κ2) is 4.18. The lowest BCUT2D eigenvalue weighted by Crippen LogP contribution is -2.59. The first-order chi connectivity index (χ1) is 8.67. The molecule has 0 aromatic heterocycles. The molecule has 1 aliphatic heterocycles. The van der Waals surface area contributed by atoms with Gasteiger partial charge in [-0.15, -0.1) is 0 Å². The first-order valence-electron chi connectivity index (χ1n) is 6.26. The maximum Gasteiger partial charge on any atom is 0.483 e. The Hall–Kier alpha value is -1.74. The van der Waals surface area contributed by atoms with Gasteiger partial charge in [0.25, 0.3) is 0 Å². The van der Waals surface area contributed by atoms with E-state index in [1.54, 1.807) is 0 Å². The Bertz CT molecular complexity index is 553. The van der Waals surface area contributed by atoms with E-state index in [-0.39, 0.29) is 12.6 Å². The number of fused-ring (bicyclic) bond motifs is 1. The zero-order chi connectivity index (χ0) is 12.6. The molecule has 3 rings (SSSR count). The Balaban J connectivity index is 2.01. The van der Waals surface area contributed by atoms with Gasteiger partial charge in [-0.3, -0.25) is 0 Å². The summed E-state index contributed by atoms with van der Waals surface area (Å²) in [5.74, 6) is 0.968. The van der Waals surface area contributed by atoms with Crippen LogP contribution in [0.2, 0.25) is 0 Å². The van der Waals surface area contributed by atoms with Crippen molar-refractivity contribution >= 4 is 12.5 Å². The van der Waals surface area contributed by atoms with Crippen LogP contribution in [0.5, 0.6) is 5.75 Å². The van der Waals surface area contributed by atoms with Crippen LogP contribution in [0.4, 0.5) is 0 Å². The summed E-state index contributed by atoms with van der Waals surface area (Å²) in [5.41, 5.74) is 2.27. The molecule has 0 saturated carbocycles. The van der Waals surface area contributed by atoms with Crippen molar-refractivity contribution in [1.29, 1.82) is 0 Å². The number of hydrogen-bond acceptors (Lipinski definition) is 2. The third-order valence-electron chi connectivity index (χ3n) is 3.40. The van der Waals surface area contributed by atoms with E-state index in [1.165, 1.54) is 5.56 Å². The van der Waals surface area contributed by atoms with Crippen LogP contribution in [0.25, 0.3) is 0 Å². The summed E-state index contributed by atoms with van der Waals surface area (Å²) >= 11 is 0. The normalized spacial score (nSPS) is 16.9. The Morgan fingerprint density at radius 1 is 0.944 bits per heavy atom. The van der Waals surface area contributed by atoms with Crippen molar-refractivity contribution in [3.63, 3.8) is 0 Å². The highest BCUT2D eigenvalue weighted by molar-refractivity contribution is 6.66. The molecule has 1 aliphatic rings. The van der Waals surface area contributed by atoms with Gasteiger partial charge in [-0.1, -0.05) is 48.5 Å². The summed E-state index contributed by atoms with van der Waals surface area (Å²) in [6.45, 7) is 4.37. The Morgan fingerprint density at radius 2 is 1.61 bits per heavy atom. The minimum Gasteiger partial charge on any atom is -0.542 e. The summed E-state index contributed by atoms with van der Waals surface area (Å²) < 4.78 is 6.04. The smallest absolute Gasteiger partial charge is 0.483 e. The number of hydrogen-bond donors (Lipinski definition) is 1. The fraction of sp³-hybridized carbons (Fsp3) is 0.200. The van der Waals surface area contributed by atoms with Crippen LogP contribution in [0.1, 0.15) is 19.4 Å². The minimum atomic E-state index is -0.0879. The molecule has 2 nitrogen and oxygen atoms in total. The Morgan fingerprint density at radius 3 is 2.39 bits per heavy atom. The molecule has 0 bridgehead atoms. The van der Waals surface area contributed by atoms with Gasteiger partial charge in [0.2, 0.25) is 0 Å². The number of para-hydroxylation sites is 1. The second-order valence-electron chi connectivity index (χ2n) is 5.17. The van der Waals surface area contributed by atoms with Crippen LogP contribution in [-0.4, -0.2) is 7.05 Å². The highest BCUT2D eigenvalue weighted by atomic mass is 16.4. The van der Waals surface area contributed by atoms with Gasteiger partial charge in [-0.2, -0.15) is 0 Å². The van der Waals surface area contributed by atoms with Crippen molar-refractivity contribution in [2.45, 2.75) is 19.4 Å². The standard InChI is InChI=1S/C15H16BNO/c1-15(2)13-10-6-7-11-14(13)18-16(17-15)12-8-4-3-5-9-12/h3-11,17H,1-2H3. The van der Waals surface area contributed by atoms with Gasteiger partial charge in [0, 0.05) is 11.1 Å². The monoisotopic (exact) mass is 237 g/mol. The van der Waals surface area contributed by atoms with Crippen LogP contribution in [0.15, 0.2) is 54.6 Å². The van der Waals surface area contributed by atoms with Crippen LogP contribution >= 0.6 is 0 Å². The van der Waals surface area contributed by atoms with Gasteiger partial charge in [0.1, 0.15) is 5.75 Å². The average Bonchev–Trinajstić information content (AvgIpc) is 2.39. The molecule has 1 heterocycles. The molecule has 0 atom stereocenters. The molecule has 2 aromatic carbocycles. The summed E-state index contributed by atoms with van der Waals surface area (Å²) in [5, 5.41) is 3.54. The van der Waals surface area contributed by atoms with Crippen molar-refractivity contribution in [2.75, 3.05) is 0 Å². The maximum atomic E-state index is 6.04. The first kappa shape index (κ1) is 11.4. The quantitative estimate of drug-likeness (QED) is 0.768. The third kappa shape index (κ3) is 1.91. The van der Waals surface area contributed by atoms with Gasteiger partial charge in [0.05, 0.1) is 0 Å². The molecule has 0 unspecified atom stereocenters. The zero-order valence-electron chi connectivity index (χ0n) is 10.7. The highest BCUT2D eigenvalue weighted by Crippen LogP contribution is 2.33. The van der Waals surface area contributed by atoms with Gasteiger partial charge >= 0.3 is 7.05 Å². The van der Waals surface area contributed by atoms with Crippen molar-refractivity contribution in [1.82, 2.24) is 5.23 Å². The number of rotatable bonds is 1. The van der Waals surface area contributed by atoms with Gasteiger partial charge in [-0.05, 0) is 25.4 Å². The van der Waals surface area contributed by atoms with Crippen LogP contribution < -0.4 is 15.3 Å². The molecular weight excluding hydrogens is 221 g/mol. The molecule has 90 valence electrons. The molecule has 0 amide bonds. The maximum absolute atomic E-state index is 6.04. The molecule has 1 N–H and O–H groups in total. The molecule has 0 radical (unpaired) electrons. The zero-order valence-corrected chi connectivity index (χ0v) is 10.7. The largest absolute Gasteiger partial charge is 0.542 e. The molecule has 3 heteroatoms. The lowest BCUT2D eigenvalue weighted by molar-refractivity contribution is 0.398. The fourth-order valence-corrected chi connectivity index (χ4v) is 2.43. The molecule has 2 aromatic rings. The van der Waals surface area contributed by atoms with Crippen molar-refractivity contribution < 1.29 is 4.65 Å². The van der Waals surface area contributed by atoms with Gasteiger partial charge < -0.3 is 9.88 Å². The van der Waals surface area contributed by atoms with E-state index in [0.717, 1.165) is 11.2 Å². The van der Waals surface area contributed by atoms with Crippen LogP contribution in [0, 0.1) is 0 Å². The van der Waals surface area contributed by atoms with Gasteiger partial charge in [0.15, 0.2) is 0 Å². The van der Waals surface area contributed by atoms with E-state index in [1.807, 2.05) is 30.3 Å². The van der Waals surface area contributed by atoms with Crippen molar-refractivity contribution in [3.8, 4) is 5.75 Å². The van der Waals surface area contributed by atoms with Gasteiger partial charge in [-0.25, -0.2) is 0 Å². The molecule has 18 heavy (non-hydrogen) atoms. The van der Waals surface area contributed by atoms with E-state index in [0.29, 0.717) is 0 Å². The number of nitrogens with one attached hydrogen (secondary N) is 1. The lowest BCUT2D eigenvalue weighted by Gasteiger charge is -2.37. The lowest BCUT2D eigenvalue weighted by atomic mass is 9.68. The predicted molar refractivity (Wildman–Crippen MR) is 75.1 cm³/mol. The molecule has 0 aliphatic carbocycles. The van der Waals surface area contributed by atoms with Crippen LogP contribution in [0.3, 0.4) is 0 Å². The minimum absolute atomic E-state index is 0.0869. The second-order valence-corrected chi connectivity index (χ2v) is 5.17. The van der Waals surface area contributed by atoms with E-state index in [9.17, 15) is 0 Å². The Kier molecular flexibility index (Phi) is 2.64. The summed E-state index contributed by atoms with van der Waals surface area (Å²) in [6.07, 6.45) is 0. The van der Waals surface area contributed by atoms with E-state index >= 15 is 0 Å². The Labute approximate surface area is 108 Å². The van der Waals surface area contributed by atoms with Crippen LogP contribution in [-0.2, 0) is 5.54 Å². The van der Waals surface area contributed by atoms with E-state index < -0.39 is 0 Å². The average molecular weight is 237 g/mol. The first-order valence-corrected chi connectivity index (χ1v) is 6.26. The SMILES string of the molecule is CC1(C)NB(c2ccccc2)Oc2ccccc21. The van der Waals surface area contributed by atoms with E-state index in [4.69, 9.17) is 4.65 Å².